The zero-order valence-electron chi connectivity index (χ0n) is 9.50. The number of carbonyl (C=O) groups excluding carboxylic acids is 1. The van der Waals surface area contributed by atoms with E-state index in [1.807, 2.05) is 24.4 Å². The molecule has 88 valence electrons. The van der Waals surface area contributed by atoms with Crippen LogP contribution in [0.4, 0.5) is 0 Å². The molecule has 0 amide bonds. The number of hydrogen-bond acceptors (Lipinski definition) is 1. The molecule has 17 heavy (non-hydrogen) atoms. The monoisotopic (exact) mass is 247 g/mol. The van der Waals surface area contributed by atoms with Crippen molar-refractivity contribution in [1.29, 1.82) is 0 Å². The van der Waals surface area contributed by atoms with Crippen molar-refractivity contribution in [2.24, 2.45) is 0 Å². The van der Waals surface area contributed by atoms with Crippen LogP contribution in [0.3, 0.4) is 0 Å². The molecule has 0 radical (unpaired) electrons. The van der Waals surface area contributed by atoms with Gasteiger partial charge >= 0.3 is 0 Å². The average Bonchev–Trinajstić information content (AvgIpc) is 2.75. The summed E-state index contributed by atoms with van der Waals surface area (Å²) in [4.78, 5) is 15.2. The summed E-state index contributed by atoms with van der Waals surface area (Å²) in [6.07, 6.45) is 5.78. The lowest BCUT2D eigenvalue weighted by molar-refractivity contribution is -0.121. The van der Waals surface area contributed by atoms with Crippen molar-refractivity contribution in [3.8, 4) is 0 Å². The molecule has 1 aromatic heterocycles. The number of nitrogens with one attached hydrogen (secondary N) is 1. The highest BCUT2D eigenvalue weighted by Crippen LogP contribution is 2.37. The number of rotatable bonds is 1. The maximum Gasteiger partial charge on any atom is 0.140 e. The molecule has 0 bridgehead atoms. The van der Waals surface area contributed by atoms with Gasteiger partial charge in [-0.05, 0) is 30.5 Å². The lowest BCUT2D eigenvalue weighted by Gasteiger charge is -2.20. The van der Waals surface area contributed by atoms with Gasteiger partial charge in [0.15, 0.2) is 0 Å². The predicted molar refractivity (Wildman–Crippen MR) is 69.5 cm³/mol. The summed E-state index contributed by atoms with van der Waals surface area (Å²) in [5.41, 5.74) is 2.10. The molecule has 1 fully saturated rings. The van der Waals surface area contributed by atoms with Crippen LogP contribution < -0.4 is 0 Å². The molecule has 1 heterocycles. The largest absolute Gasteiger partial charge is 0.361 e. The maximum atomic E-state index is 12.0. The molecule has 1 aliphatic carbocycles. The first-order valence-corrected chi connectivity index (χ1v) is 6.43. The Morgan fingerprint density at radius 1 is 1.29 bits per heavy atom. The van der Waals surface area contributed by atoms with Crippen LogP contribution in [0.2, 0.25) is 5.02 Å². The summed E-state index contributed by atoms with van der Waals surface area (Å²) in [5, 5.41) is 1.76. The first-order chi connectivity index (χ1) is 8.27. The van der Waals surface area contributed by atoms with Crippen LogP contribution >= 0.6 is 11.6 Å². The Morgan fingerprint density at radius 3 is 3.00 bits per heavy atom. The van der Waals surface area contributed by atoms with Crippen molar-refractivity contribution in [3.63, 3.8) is 0 Å². The van der Waals surface area contributed by atoms with Crippen LogP contribution in [-0.4, -0.2) is 10.8 Å². The summed E-state index contributed by atoms with van der Waals surface area (Å²) in [7, 11) is 0. The molecule has 3 heteroatoms. The van der Waals surface area contributed by atoms with Gasteiger partial charge in [-0.25, -0.2) is 0 Å². The van der Waals surface area contributed by atoms with Crippen LogP contribution in [0.15, 0.2) is 24.4 Å². The van der Waals surface area contributed by atoms with Gasteiger partial charge in [0.25, 0.3) is 0 Å². The van der Waals surface area contributed by atoms with E-state index in [4.69, 9.17) is 11.6 Å². The minimum atomic E-state index is 0.0393. The Bertz CT molecular complexity index is 573. The van der Waals surface area contributed by atoms with Gasteiger partial charge in [0.1, 0.15) is 5.78 Å². The van der Waals surface area contributed by atoms with Gasteiger partial charge < -0.3 is 4.98 Å². The number of fused-ring (bicyclic) bond motifs is 1. The standard InChI is InChI=1S/C14H14ClNO/c15-11-5-3-6-12-14(11)10(8-16-12)9-4-1-2-7-13(9)17/h3,5-6,8-9,16H,1-2,4,7H2. The fraction of sp³-hybridized carbons (Fsp3) is 0.357. The number of H-pyrrole nitrogens is 1. The van der Waals surface area contributed by atoms with Crippen molar-refractivity contribution >= 4 is 28.3 Å². The number of carbonyl (C=O) groups is 1. The molecular formula is C14H14ClNO. The van der Waals surface area contributed by atoms with Crippen molar-refractivity contribution in [3.05, 3.63) is 35.0 Å². The van der Waals surface area contributed by atoms with Crippen LogP contribution in [-0.2, 0) is 4.79 Å². The van der Waals surface area contributed by atoms with E-state index in [2.05, 4.69) is 4.98 Å². The van der Waals surface area contributed by atoms with Gasteiger partial charge in [-0.2, -0.15) is 0 Å². The van der Waals surface area contributed by atoms with E-state index < -0.39 is 0 Å². The highest BCUT2D eigenvalue weighted by Gasteiger charge is 2.26. The van der Waals surface area contributed by atoms with Gasteiger partial charge in [-0.3, -0.25) is 4.79 Å². The van der Waals surface area contributed by atoms with Crippen LogP contribution in [0, 0.1) is 0 Å². The third kappa shape index (κ3) is 1.77. The van der Waals surface area contributed by atoms with E-state index in [-0.39, 0.29) is 5.92 Å². The van der Waals surface area contributed by atoms with Crippen molar-refractivity contribution in [2.75, 3.05) is 0 Å². The summed E-state index contributed by atoms with van der Waals surface area (Å²) >= 11 is 6.24. The highest BCUT2D eigenvalue weighted by atomic mass is 35.5. The molecule has 3 rings (SSSR count). The summed E-state index contributed by atoms with van der Waals surface area (Å²) < 4.78 is 0. The van der Waals surface area contributed by atoms with Crippen molar-refractivity contribution < 1.29 is 4.79 Å². The van der Waals surface area contributed by atoms with Gasteiger partial charge in [-0.15, -0.1) is 0 Å². The molecule has 0 spiro atoms. The number of hydrogen-bond donors (Lipinski definition) is 1. The number of halogens is 1. The summed E-state index contributed by atoms with van der Waals surface area (Å²) in [6.45, 7) is 0. The third-order valence-electron chi connectivity index (χ3n) is 3.62. The second kappa shape index (κ2) is 4.19. The number of benzene rings is 1. The molecular weight excluding hydrogens is 234 g/mol. The normalized spacial score (nSPS) is 21.0. The topological polar surface area (TPSA) is 32.9 Å². The second-order valence-corrected chi connectivity index (χ2v) is 5.08. The number of ketones is 1. The van der Waals surface area contributed by atoms with Gasteiger partial charge in [0.2, 0.25) is 0 Å². The minimum Gasteiger partial charge on any atom is -0.361 e. The minimum absolute atomic E-state index is 0.0393. The van der Waals surface area contributed by atoms with E-state index in [0.29, 0.717) is 12.2 Å². The Balaban J connectivity index is 2.13. The Labute approximate surface area is 105 Å². The fourth-order valence-electron chi connectivity index (χ4n) is 2.75. The molecule has 1 N–H and O–H groups in total. The van der Waals surface area contributed by atoms with Gasteiger partial charge in [0.05, 0.1) is 5.02 Å². The SMILES string of the molecule is O=C1CCCCC1c1c[nH]c2cccc(Cl)c12. The fourth-order valence-corrected chi connectivity index (χ4v) is 3.04. The van der Waals surface area contributed by atoms with E-state index in [9.17, 15) is 4.79 Å². The first kappa shape index (κ1) is 10.8. The zero-order valence-corrected chi connectivity index (χ0v) is 10.3. The molecule has 1 atom stereocenters. The van der Waals surface area contributed by atoms with E-state index in [1.54, 1.807) is 0 Å². The molecule has 1 aromatic carbocycles. The molecule has 2 nitrogen and oxygen atoms in total. The molecule has 1 aliphatic rings. The molecule has 1 unspecified atom stereocenters. The predicted octanol–water partition coefficient (Wildman–Crippen LogP) is 4.05. The molecule has 2 aromatic rings. The Morgan fingerprint density at radius 2 is 2.18 bits per heavy atom. The van der Waals surface area contributed by atoms with Crippen molar-refractivity contribution in [1.82, 2.24) is 4.98 Å². The van der Waals surface area contributed by atoms with Crippen molar-refractivity contribution in [2.45, 2.75) is 31.6 Å². The Kier molecular flexibility index (Phi) is 2.67. The van der Waals surface area contributed by atoms with E-state index >= 15 is 0 Å². The number of aromatic amines is 1. The molecule has 1 saturated carbocycles. The molecule has 0 saturated heterocycles. The highest BCUT2D eigenvalue weighted by molar-refractivity contribution is 6.35. The third-order valence-corrected chi connectivity index (χ3v) is 3.93. The lowest BCUT2D eigenvalue weighted by atomic mass is 9.83. The lowest BCUT2D eigenvalue weighted by Crippen LogP contribution is -2.16. The quantitative estimate of drug-likeness (QED) is 0.810. The number of aromatic nitrogens is 1. The van der Waals surface area contributed by atoms with Crippen LogP contribution in [0.1, 0.15) is 37.2 Å². The van der Waals surface area contributed by atoms with Gasteiger partial charge in [-0.1, -0.05) is 24.1 Å². The summed E-state index contributed by atoms with van der Waals surface area (Å²) in [5.74, 6) is 0.398. The van der Waals surface area contributed by atoms with E-state index in [0.717, 1.165) is 40.8 Å². The molecule has 0 aliphatic heterocycles. The Hall–Kier alpha value is -1.28. The summed E-state index contributed by atoms with van der Waals surface area (Å²) in [6, 6.07) is 5.81. The van der Waals surface area contributed by atoms with Gasteiger partial charge in [0, 0.05) is 29.4 Å². The zero-order chi connectivity index (χ0) is 11.8. The smallest absolute Gasteiger partial charge is 0.140 e. The van der Waals surface area contributed by atoms with Crippen LogP contribution in [0.25, 0.3) is 10.9 Å². The second-order valence-electron chi connectivity index (χ2n) is 4.67. The van der Waals surface area contributed by atoms with E-state index in [1.165, 1.54) is 0 Å². The average molecular weight is 248 g/mol. The number of Topliss-reactive ketones (excluding diaryl/α,β-unsaturated/α-hetero) is 1. The van der Waals surface area contributed by atoms with Crippen LogP contribution in [0.5, 0.6) is 0 Å². The maximum absolute atomic E-state index is 12.0. The first-order valence-electron chi connectivity index (χ1n) is 6.05.